The van der Waals surface area contributed by atoms with Gasteiger partial charge in [0.05, 0.1) is 7.11 Å². The lowest BCUT2D eigenvalue weighted by atomic mass is 10.2. The van der Waals surface area contributed by atoms with E-state index < -0.39 is 5.97 Å². The smallest absolute Gasteiger partial charge is 0.354 e. The lowest BCUT2D eigenvalue weighted by Gasteiger charge is -2.07. The maximum absolute atomic E-state index is 12.0. The molecule has 1 amide bonds. The van der Waals surface area contributed by atoms with Gasteiger partial charge in [-0.2, -0.15) is 0 Å². The Bertz CT molecular complexity index is 618. The lowest BCUT2D eigenvalue weighted by Crippen LogP contribution is -2.27. The molecule has 1 N–H and O–H groups in total. The third kappa shape index (κ3) is 3.55. The number of nitrogens with one attached hydrogen (secondary N) is 1. The molecule has 1 heterocycles. The Morgan fingerprint density at radius 3 is 2.50 bits per heavy atom. The van der Waals surface area contributed by atoms with Gasteiger partial charge in [0.1, 0.15) is 5.70 Å². The number of benzene rings is 1. The summed E-state index contributed by atoms with van der Waals surface area (Å²) in [5.74, 6) is -0.929. The van der Waals surface area contributed by atoms with E-state index in [9.17, 15) is 9.59 Å². The molecule has 0 aliphatic carbocycles. The fourth-order valence-electron chi connectivity index (χ4n) is 1.56. The largest absolute Gasteiger partial charge is 0.464 e. The Morgan fingerprint density at radius 2 is 1.90 bits per heavy atom. The van der Waals surface area contributed by atoms with Crippen molar-refractivity contribution in [2.45, 2.75) is 0 Å². The third-order valence-corrected chi connectivity index (χ3v) is 3.34. The first-order chi connectivity index (χ1) is 9.70. The quantitative estimate of drug-likeness (QED) is 0.695. The highest BCUT2D eigenvalue weighted by molar-refractivity contribution is 7.10. The molecule has 0 saturated heterocycles. The highest BCUT2D eigenvalue weighted by atomic mass is 32.1. The topological polar surface area (TPSA) is 55.4 Å². The van der Waals surface area contributed by atoms with Crippen LogP contribution in [0.1, 0.15) is 15.2 Å². The van der Waals surface area contributed by atoms with Crippen LogP contribution in [-0.2, 0) is 9.53 Å². The van der Waals surface area contributed by atoms with Crippen LogP contribution >= 0.6 is 11.3 Å². The molecule has 1 aromatic heterocycles. The molecule has 0 atom stereocenters. The number of carbonyl (C=O) groups excluding carboxylic acids is 2. The summed E-state index contributed by atoms with van der Waals surface area (Å²) in [6, 6.07) is 12.4. The Morgan fingerprint density at radius 1 is 1.15 bits per heavy atom. The molecule has 102 valence electrons. The van der Waals surface area contributed by atoms with Crippen molar-refractivity contribution in [1.29, 1.82) is 0 Å². The summed E-state index contributed by atoms with van der Waals surface area (Å²) in [4.78, 5) is 24.6. The predicted octanol–water partition coefficient (Wildman–Crippen LogP) is 2.69. The molecule has 2 aromatic rings. The number of hydrogen-bond acceptors (Lipinski definition) is 4. The highest BCUT2D eigenvalue weighted by Gasteiger charge is 2.14. The Kier molecular flexibility index (Phi) is 4.68. The van der Waals surface area contributed by atoms with Crippen molar-refractivity contribution < 1.29 is 14.3 Å². The van der Waals surface area contributed by atoms with Gasteiger partial charge in [-0.05, 0) is 29.7 Å². The normalized spacial score (nSPS) is 10.9. The van der Waals surface area contributed by atoms with E-state index in [0.29, 0.717) is 5.56 Å². The molecule has 0 unspecified atom stereocenters. The summed E-state index contributed by atoms with van der Waals surface area (Å²) in [5, 5.41) is 4.47. The van der Waals surface area contributed by atoms with Crippen LogP contribution in [0.25, 0.3) is 6.08 Å². The molecule has 4 nitrogen and oxygen atoms in total. The van der Waals surface area contributed by atoms with Gasteiger partial charge in [0.25, 0.3) is 5.91 Å². The molecular weight excluding hydrogens is 274 g/mol. The number of carbonyl (C=O) groups is 2. The minimum atomic E-state index is -0.581. The second-order valence-corrected chi connectivity index (χ2v) is 4.86. The second-order valence-electron chi connectivity index (χ2n) is 3.89. The number of methoxy groups -OCH3 is 1. The Labute approximate surface area is 120 Å². The lowest BCUT2D eigenvalue weighted by molar-refractivity contribution is -0.136. The number of rotatable bonds is 4. The summed E-state index contributed by atoms with van der Waals surface area (Å²) >= 11 is 1.47. The minimum Gasteiger partial charge on any atom is -0.464 e. The molecule has 0 fully saturated rings. The van der Waals surface area contributed by atoms with Gasteiger partial charge in [0, 0.05) is 10.4 Å². The van der Waals surface area contributed by atoms with E-state index in [0.717, 1.165) is 4.88 Å². The predicted molar refractivity (Wildman–Crippen MR) is 78.2 cm³/mol. The average Bonchev–Trinajstić information content (AvgIpc) is 2.99. The van der Waals surface area contributed by atoms with Crippen LogP contribution in [0.3, 0.4) is 0 Å². The van der Waals surface area contributed by atoms with Crippen molar-refractivity contribution >= 4 is 29.3 Å². The first-order valence-electron chi connectivity index (χ1n) is 5.90. The van der Waals surface area contributed by atoms with Gasteiger partial charge < -0.3 is 10.1 Å². The fourth-order valence-corrected chi connectivity index (χ4v) is 2.21. The second kappa shape index (κ2) is 6.68. The first kappa shape index (κ1) is 14.0. The maximum Gasteiger partial charge on any atom is 0.354 e. The van der Waals surface area contributed by atoms with E-state index in [1.54, 1.807) is 30.3 Å². The SMILES string of the molecule is COC(=O)/C(=C\c1cccs1)NC(=O)c1ccccc1. The van der Waals surface area contributed by atoms with E-state index in [1.807, 2.05) is 23.6 Å². The van der Waals surface area contributed by atoms with Crippen LogP contribution in [-0.4, -0.2) is 19.0 Å². The van der Waals surface area contributed by atoms with Crippen molar-refractivity contribution in [3.8, 4) is 0 Å². The van der Waals surface area contributed by atoms with E-state index in [1.165, 1.54) is 18.4 Å². The fraction of sp³-hybridized carbons (Fsp3) is 0.0667. The van der Waals surface area contributed by atoms with E-state index in [2.05, 4.69) is 10.1 Å². The van der Waals surface area contributed by atoms with Crippen molar-refractivity contribution in [3.63, 3.8) is 0 Å². The molecule has 20 heavy (non-hydrogen) atoms. The van der Waals surface area contributed by atoms with Gasteiger partial charge in [-0.1, -0.05) is 24.3 Å². The average molecular weight is 287 g/mol. The van der Waals surface area contributed by atoms with Crippen molar-refractivity contribution in [2.75, 3.05) is 7.11 Å². The highest BCUT2D eigenvalue weighted by Crippen LogP contribution is 2.13. The monoisotopic (exact) mass is 287 g/mol. The van der Waals surface area contributed by atoms with Crippen LogP contribution in [0.5, 0.6) is 0 Å². The number of esters is 1. The molecule has 0 aliphatic heterocycles. The van der Waals surface area contributed by atoms with Gasteiger partial charge in [0.15, 0.2) is 0 Å². The molecule has 0 spiro atoms. The summed E-state index contributed by atoms with van der Waals surface area (Å²) in [5.41, 5.74) is 0.595. The molecule has 0 saturated carbocycles. The van der Waals surface area contributed by atoms with E-state index >= 15 is 0 Å². The number of amides is 1. The maximum atomic E-state index is 12.0. The van der Waals surface area contributed by atoms with Gasteiger partial charge in [-0.3, -0.25) is 4.79 Å². The van der Waals surface area contributed by atoms with Crippen molar-refractivity contribution in [3.05, 3.63) is 64.0 Å². The zero-order valence-electron chi connectivity index (χ0n) is 10.8. The summed E-state index contributed by atoms with van der Waals surface area (Å²) in [6.07, 6.45) is 1.59. The van der Waals surface area contributed by atoms with Crippen molar-refractivity contribution in [1.82, 2.24) is 5.32 Å². The Hall–Kier alpha value is -2.40. The molecule has 0 radical (unpaired) electrons. The van der Waals surface area contributed by atoms with Crippen LogP contribution < -0.4 is 5.32 Å². The number of ether oxygens (including phenoxy) is 1. The van der Waals surface area contributed by atoms with E-state index in [4.69, 9.17) is 0 Å². The Balaban J connectivity index is 2.21. The minimum absolute atomic E-state index is 0.115. The van der Waals surface area contributed by atoms with Crippen LogP contribution in [0, 0.1) is 0 Å². The van der Waals surface area contributed by atoms with Gasteiger partial charge in [0.2, 0.25) is 0 Å². The summed E-state index contributed by atoms with van der Waals surface area (Å²) in [6.45, 7) is 0. The summed E-state index contributed by atoms with van der Waals surface area (Å²) in [7, 11) is 1.28. The molecule has 0 bridgehead atoms. The van der Waals surface area contributed by atoms with Crippen LogP contribution in [0.4, 0.5) is 0 Å². The number of hydrogen-bond donors (Lipinski definition) is 1. The molecule has 1 aromatic carbocycles. The van der Waals surface area contributed by atoms with Gasteiger partial charge >= 0.3 is 5.97 Å². The standard InChI is InChI=1S/C15H13NO3S/c1-19-15(18)13(10-12-8-5-9-20-12)16-14(17)11-6-3-2-4-7-11/h2-10H,1H3,(H,16,17)/b13-10+. The van der Waals surface area contributed by atoms with E-state index in [-0.39, 0.29) is 11.6 Å². The number of thiophene rings is 1. The van der Waals surface area contributed by atoms with Crippen LogP contribution in [0.2, 0.25) is 0 Å². The molecule has 0 aliphatic rings. The molecule has 2 rings (SSSR count). The first-order valence-corrected chi connectivity index (χ1v) is 6.78. The van der Waals surface area contributed by atoms with Crippen molar-refractivity contribution in [2.24, 2.45) is 0 Å². The van der Waals surface area contributed by atoms with Gasteiger partial charge in [-0.25, -0.2) is 4.79 Å². The zero-order chi connectivity index (χ0) is 14.4. The van der Waals surface area contributed by atoms with Gasteiger partial charge in [-0.15, -0.1) is 11.3 Å². The summed E-state index contributed by atoms with van der Waals surface area (Å²) < 4.78 is 4.68. The molecule has 5 heteroatoms. The zero-order valence-corrected chi connectivity index (χ0v) is 11.6. The van der Waals surface area contributed by atoms with Crippen LogP contribution in [0.15, 0.2) is 53.5 Å². The molecular formula is C15H13NO3S. The third-order valence-electron chi connectivity index (χ3n) is 2.52.